The van der Waals surface area contributed by atoms with Crippen LogP contribution in [-0.4, -0.2) is 23.7 Å². The second-order valence-electron chi connectivity index (χ2n) is 6.04. The first kappa shape index (κ1) is 14.5. The number of amides is 1. The summed E-state index contributed by atoms with van der Waals surface area (Å²) in [6.45, 7) is 0. The minimum Gasteiger partial charge on any atom is -0.388 e. The van der Waals surface area contributed by atoms with Crippen molar-refractivity contribution in [3.05, 3.63) is 29.1 Å². The van der Waals surface area contributed by atoms with Crippen LogP contribution in [0, 0.1) is 5.82 Å². The molecule has 1 fully saturated rings. The van der Waals surface area contributed by atoms with Gasteiger partial charge in [0.05, 0.1) is 11.7 Å². The monoisotopic (exact) mass is 293 g/mol. The van der Waals surface area contributed by atoms with E-state index in [1.807, 2.05) is 0 Å². The van der Waals surface area contributed by atoms with Crippen molar-refractivity contribution in [1.29, 1.82) is 0 Å². The Bertz CT molecular complexity index is 563. The number of halogens is 1. The lowest BCUT2D eigenvalue weighted by Gasteiger charge is -2.42. The lowest BCUT2D eigenvalue weighted by atomic mass is 9.75. The second-order valence-corrected chi connectivity index (χ2v) is 6.04. The molecule has 4 nitrogen and oxygen atoms in total. The maximum Gasteiger partial charge on any atom is 0.224 e. The Labute approximate surface area is 123 Å². The summed E-state index contributed by atoms with van der Waals surface area (Å²) in [6.07, 6.45) is 3.40. The van der Waals surface area contributed by atoms with Crippen LogP contribution in [0.3, 0.4) is 0 Å². The van der Waals surface area contributed by atoms with Crippen molar-refractivity contribution >= 4 is 11.6 Å². The van der Waals surface area contributed by atoms with Crippen LogP contribution in [0.5, 0.6) is 0 Å². The number of carbonyl (C=O) groups is 1. The summed E-state index contributed by atoms with van der Waals surface area (Å²) in [4.78, 5) is 11.3. The molecule has 21 heavy (non-hydrogen) atoms. The molecular weight excluding hydrogens is 273 g/mol. The highest BCUT2D eigenvalue weighted by Gasteiger charge is 2.39. The maximum atomic E-state index is 14.2. The van der Waals surface area contributed by atoms with Gasteiger partial charge in [-0.1, -0.05) is 0 Å². The molecule has 0 radical (unpaired) electrons. The molecule has 0 saturated heterocycles. The van der Waals surface area contributed by atoms with Gasteiger partial charge in [-0.05, 0) is 43.4 Å². The Kier molecular flexibility index (Phi) is 3.71. The van der Waals surface area contributed by atoms with Gasteiger partial charge in [0.1, 0.15) is 5.82 Å². The molecule has 3 rings (SSSR count). The van der Waals surface area contributed by atoms with Crippen molar-refractivity contribution in [2.24, 2.45) is 0 Å². The molecule has 1 atom stereocenters. The van der Waals surface area contributed by atoms with Gasteiger partial charge in [-0.3, -0.25) is 4.79 Å². The zero-order valence-electron chi connectivity index (χ0n) is 12.1. The predicted octanol–water partition coefficient (Wildman–Crippen LogP) is 2.70. The number of aliphatic hydroxyl groups is 1. The standard InChI is InChI=1S/C16H20FNO3/c1-21-16(5-2-6-16)9-14(19)11-7-10-3-4-15(20)18-13(10)8-12(11)17/h7-8,14,19H,2-6,9H2,1H3,(H,18,20). The lowest BCUT2D eigenvalue weighted by molar-refractivity contribution is -0.116. The normalized spacial score (nSPS) is 21.2. The number of anilines is 1. The third-order valence-corrected chi connectivity index (χ3v) is 4.74. The van der Waals surface area contributed by atoms with Gasteiger partial charge in [-0.25, -0.2) is 4.39 Å². The third kappa shape index (κ3) is 2.68. The zero-order chi connectivity index (χ0) is 15.0. The number of aryl methyl sites for hydroxylation is 1. The minimum absolute atomic E-state index is 0.0944. The number of fused-ring (bicyclic) bond motifs is 1. The summed E-state index contributed by atoms with van der Waals surface area (Å²) in [6, 6.07) is 2.99. The molecule has 1 heterocycles. The number of ether oxygens (including phenoxy) is 1. The molecule has 2 aliphatic rings. The molecule has 2 N–H and O–H groups in total. The topological polar surface area (TPSA) is 58.6 Å². The van der Waals surface area contributed by atoms with Crippen molar-refractivity contribution in [2.75, 3.05) is 12.4 Å². The van der Waals surface area contributed by atoms with E-state index in [4.69, 9.17) is 4.74 Å². The first-order chi connectivity index (χ1) is 10.0. The highest BCUT2D eigenvalue weighted by molar-refractivity contribution is 5.93. The van der Waals surface area contributed by atoms with Crippen molar-refractivity contribution in [1.82, 2.24) is 0 Å². The van der Waals surface area contributed by atoms with E-state index in [1.54, 1.807) is 13.2 Å². The van der Waals surface area contributed by atoms with Crippen LogP contribution in [0.25, 0.3) is 0 Å². The zero-order valence-corrected chi connectivity index (χ0v) is 12.1. The molecule has 1 aliphatic heterocycles. The van der Waals surface area contributed by atoms with Crippen molar-refractivity contribution in [3.63, 3.8) is 0 Å². The first-order valence-electron chi connectivity index (χ1n) is 7.38. The first-order valence-corrected chi connectivity index (χ1v) is 7.38. The number of hydrogen-bond donors (Lipinski definition) is 2. The van der Waals surface area contributed by atoms with Gasteiger partial charge in [0.2, 0.25) is 5.91 Å². The van der Waals surface area contributed by atoms with Crippen molar-refractivity contribution in [2.45, 2.75) is 50.2 Å². The number of hydrogen-bond acceptors (Lipinski definition) is 3. The van der Waals surface area contributed by atoms with Crippen LogP contribution >= 0.6 is 0 Å². The molecule has 1 saturated carbocycles. The van der Waals surface area contributed by atoms with Crippen LogP contribution in [0.1, 0.15) is 49.3 Å². The van der Waals surface area contributed by atoms with E-state index < -0.39 is 11.9 Å². The van der Waals surface area contributed by atoms with E-state index in [1.165, 1.54) is 6.07 Å². The van der Waals surface area contributed by atoms with Crippen LogP contribution in [0.2, 0.25) is 0 Å². The quantitative estimate of drug-likeness (QED) is 0.897. The Morgan fingerprint density at radius 2 is 2.19 bits per heavy atom. The molecule has 114 valence electrons. The Hall–Kier alpha value is -1.46. The SMILES string of the molecule is COC1(CC(O)c2cc3c(cc2F)NC(=O)CC3)CCC1. The average molecular weight is 293 g/mol. The minimum atomic E-state index is -0.881. The number of carbonyl (C=O) groups excluding carboxylic acids is 1. The van der Waals surface area contributed by atoms with Gasteiger partial charge in [0.25, 0.3) is 0 Å². The van der Waals surface area contributed by atoms with Crippen molar-refractivity contribution in [3.8, 4) is 0 Å². The summed E-state index contributed by atoms with van der Waals surface area (Å²) in [7, 11) is 1.64. The van der Waals surface area contributed by atoms with E-state index in [0.717, 1.165) is 24.8 Å². The molecule has 1 aromatic carbocycles. The highest BCUT2D eigenvalue weighted by Crippen LogP contribution is 2.42. The van der Waals surface area contributed by atoms with E-state index in [2.05, 4.69) is 5.32 Å². The number of aliphatic hydroxyl groups excluding tert-OH is 1. The van der Waals surface area contributed by atoms with E-state index in [0.29, 0.717) is 30.5 Å². The fourth-order valence-electron chi connectivity index (χ4n) is 3.20. The van der Waals surface area contributed by atoms with Crippen LogP contribution in [0.4, 0.5) is 10.1 Å². The molecule has 0 spiro atoms. The van der Waals surface area contributed by atoms with E-state index in [9.17, 15) is 14.3 Å². The number of rotatable bonds is 4. The molecule has 1 unspecified atom stereocenters. The summed E-state index contributed by atoms with van der Waals surface area (Å²) >= 11 is 0. The molecular formula is C16H20FNO3. The third-order valence-electron chi connectivity index (χ3n) is 4.74. The fourth-order valence-corrected chi connectivity index (χ4v) is 3.20. The highest BCUT2D eigenvalue weighted by atomic mass is 19.1. The van der Waals surface area contributed by atoms with Gasteiger partial charge in [0, 0.05) is 31.2 Å². The fraction of sp³-hybridized carbons (Fsp3) is 0.562. The Balaban J connectivity index is 1.83. The molecule has 0 aromatic heterocycles. The smallest absolute Gasteiger partial charge is 0.224 e. The molecule has 0 bridgehead atoms. The van der Waals surface area contributed by atoms with Crippen LogP contribution in [0.15, 0.2) is 12.1 Å². The molecule has 1 aromatic rings. The maximum absolute atomic E-state index is 14.2. The molecule has 1 aliphatic carbocycles. The largest absolute Gasteiger partial charge is 0.388 e. The summed E-state index contributed by atoms with van der Waals surface area (Å²) in [5.41, 5.74) is 1.39. The summed E-state index contributed by atoms with van der Waals surface area (Å²) in [5, 5.41) is 13.0. The van der Waals surface area contributed by atoms with Crippen LogP contribution in [-0.2, 0) is 16.0 Å². The summed E-state index contributed by atoms with van der Waals surface area (Å²) in [5.74, 6) is -0.572. The van der Waals surface area contributed by atoms with E-state index in [-0.39, 0.29) is 11.5 Å². The number of benzene rings is 1. The predicted molar refractivity (Wildman–Crippen MR) is 76.5 cm³/mol. The van der Waals surface area contributed by atoms with Gasteiger partial charge in [-0.15, -0.1) is 0 Å². The van der Waals surface area contributed by atoms with Crippen molar-refractivity contribution < 1.29 is 19.0 Å². The molecule has 1 amide bonds. The second kappa shape index (κ2) is 5.39. The van der Waals surface area contributed by atoms with Gasteiger partial charge in [-0.2, -0.15) is 0 Å². The lowest BCUT2D eigenvalue weighted by Crippen LogP contribution is -2.40. The van der Waals surface area contributed by atoms with Gasteiger partial charge in [0.15, 0.2) is 0 Å². The molecule has 5 heteroatoms. The van der Waals surface area contributed by atoms with Gasteiger partial charge >= 0.3 is 0 Å². The summed E-state index contributed by atoms with van der Waals surface area (Å²) < 4.78 is 19.7. The Morgan fingerprint density at radius 3 is 2.81 bits per heavy atom. The Morgan fingerprint density at radius 1 is 1.43 bits per heavy atom. The van der Waals surface area contributed by atoms with Gasteiger partial charge < -0.3 is 15.2 Å². The average Bonchev–Trinajstić information content (AvgIpc) is 2.41. The van der Waals surface area contributed by atoms with E-state index >= 15 is 0 Å². The number of methoxy groups -OCH3 is 1. The number of nitrogens with one attached hydrogen (secondary N) is 1. The van der Waals surface area contributed by atoms with Crippen LogP contribution < -0.4 is 5.32 Å².